The van der Waals surface area contributed by atoms with Gasteiger partial charge in [-0.3, -0.25) is 0 Å². The molecule has 2 aromatic carbocycles. The number of rotatable bonds is 2. The third-order valence-corrected chi connectivity index (χ3v) is 7.45. The molecule has 0 saturated heterocycles. The molecule has 0 N–H and O–H groups in total. The third kappa shape index (κ3) is 2.93. The molecule has 4 heteroatoms. The van der Waals surface area contributed by atoms with Gasteiger partial charge in [0.05, 0.1) is 11.1 Å². The van der Waals surface area contributed by atoms with Gasteiger partial charge in [0.1, 0.15) is 13.1 Å². The van der Waals surface area contributed by atoms with Gasteiger partial charge in [0, 0.05) is 52.1 Å². The van der Waals surface area contributed by atoms with Gasteiger partial charge in [-0.2, -0.15) is 0 Å². The molecular weight excluding hydrogens is 442 g/mol. The Bertz CT molecular complexity index is 1920. The number of hydrogen-bond acceptors (Lipinski definition) is 2. The molecule has 0 amide bonds. The SMILES string of the molecule is [2H]C([2H])([2H])c1ccc2c(n1)OC1c3c(-c4cc(C([2H])([2H])C(C)(C)C)cc[n+]4C)c(C)cc4c5ccccc5n(c34)C21. The minimum atomic E-state index is -2.33. The van der Waals surface area contributed by atoms with Crippen LogP contribution in [-0.2, 0) is 13.4 Å². The van der Waals surface area contributed by atoms with Crippen LogP contribution in [0.15, 0.2) is 60.8 Å². The summed E-state index contributed by atoms with van der Waals surface area (Å²) in [7, 11) is 1.98. The number of aromatic nitrogens is 3. The molecule has 4 nitrogen and oxygen atoms in total. The molecule has 0 fully saturated rings. The first-order chi connectivity index (χ1) is 19.2. The molecule has 7 rings (SSSR count). The van der Waals surface area contributed by atoms with Crippen molar-refractivity contribution in [2.24, 2.45) is 12.5 Å². The Labute approximate surface area is 219 Å². The first-order valence-electron chi connectivity index (χ1n) is 14.9. The second-order valence-electron chi connectivity index (χ2n) is 11.1. The van der Waals surface area contributed by atoms with E-state index in [1.165, 1.54) is 0 Å². The first kappa shape index (κ1) is 16.9. The monoisotopic (exact) mass is 479 g/mol. The summed E-state index contributed by atoms with van der Waals surface area (Å²) in [4.78, 5) is 4.47. The summed E-state index contributed by atoms with van der Waals surface area (Å²) in [5.41, 5.74) is 7.10. The molecule has 2 unspecified atom stereocenters. The molecule has 0 saturated carbocycles. The third-order valence-electron chi connectivity index (χ3n) is 7.45. The Kier molecular flexibility index (Phi) is 3.38. The molecule has 0 radical (unpaired) electrons. The standard InChI is InChI=1S/C32H32N3O/c1-18-15-23-21-9-7-8-10-24(21)35-28(23)27(30-29(35)22-12-11-19(2)33-31(22)36-30)26(18)25-16-20(13-14-34(25)6)17-32(3,4)5/h7-16,29-30H,17H2,1-6H3/q+1/i2D3,17D2. The lowest BCUT2D eigenvalue weighted by Crippen LogP contribution is -2.31. The largest absolute Gasteiger partial charge is 0.466 e. The van der Waals surface area contributed by atoms with Gasteiger partial charge in [0.2, 0.25) is 11.6 Å². The van der Waals surface area contributed by atoms with E-state index in [1.54, 1.807) is 6.07 Å². The smallest absolute Gasteiger partial charge is 0.219 e. The Balaban J connectivity index is 1.53. The van der Waals surface area contributed by atoms with E-state index in [1.807, 2.05) is 62.8 Å². The molecule has 0 bridgehead atoms. The molecule has 5 aromatic rings. The molecular formula is C32H32N3O+. The van der Waals surface area contributed by atoms with Crippen molar-refractivity contribution >= 4 is 21.8 Å². The van der Waals surface area contributed by atoms with E-state index in [9.17, 15) is 0 Å². The predicted octanol–water partition coefficient (Wildman–Crippen LogP) is 6.92. The minimum absolute atomic E-state index is 0.0203. The molecule has 180 valence electrons. The highest BCUT2D eigenvalue weighted by Gasteiger charge is 2.47. The van der Waals surface area contributed by atoms with Gasteiger partial charge in [0.25, 0.3) is 0 Å². The molecule has 2 aliphatic heterocycles. The van der Waals surface area contributed by atoms with Crippen LogP contribution in [0.25, 0.3) is 33.1 Å². The highest BCUT2D eigenvalue weighted by molar-refractivity contribution is 6.12. The zero-order chi connectivity index (χ0) is 29.2. The van der Waals surface area contributed by atoms with Crippen molar-refractivity contribution in [2.45, 2.75) is 53.1 Å². The number of nitrogens with zero attached hydrogens (tertiary/aromatic N) is 3. The summed E-state index contributed by atoms with van der Waals surface area (Å²) in [5, 5.41) is 2.30. The normalized spacial score (nSPS) is 20.9. The van der Waals surface area contributed by atoms with Crippen molar-refractivity contribution in [3.05, 3.63) is 88.7 Å². The van der Waals surface area contributed by atoms with Crippen molar-refractivity contribution in [1.82, 2.24) is 9.55 Å². The van der Waals surface area contributed by atoms with Crippen LogP contribution in [0.1, 0.15) is 67.7 Å². The van der Waals surface area contributed by atoms with Crippen molar-refractivity contribution < 1.29 is 16.2 Å². The summed E-state index contributed by atoms with van der Waals surface area (Å²) in [6.45, 7) is 5.53. The zero-order valence-corrected chi connectivity index (χ0v) is 21.2. The fourth-order valence-corrected chi connectivity index (χ4v) is 6.17. The van der Waals surface area contributed by atoms with Gasteiger partial charge in [-0.1, -0.05) is 39.0 Å². The molecule has 0 spiro atoms. The van der Waals surface area contributed by atoms with Crippen molar-refractivity contribution in [3.8, 4) is 17.1 Å². The maximum atomic E-state index is 8.97. The van der Waals surface area contributed by atoms with Gasteiger partial charge < -0.3 is 9.30 Å². The Hall–Kier alpha value is -3.66. The second-order valence-corrected chi connectivity index (χ2v) is 11.1. The lowest BCUT2D eigenvalue weighted by Gasteiger charge is -2.19. The lowest BCUT2D eigenvalue weighted by molar-refractivity contribution is -0.660. The highest BCUT2D eigenvalue weighted by atomic mass is 16.5. The second kappa shape index (κ2) is 7.19. The molecule has 5 heterocycles. The Morgan fingerprint density at radius 3 is 2.75 bits per heavy atom. The number of ether oxygens (including phenoxy) is 1. The number of hydrogen-bond donors (Lipinski definition) is 0. The molecule has 3 aromatic heterocycles. The summed E-state index contributed by atoms with van der Waals surface area (Å²) < 4.78 is 52.5. The van der Waals surface area contributed by atoms with E-state index in [4.69, 9.17) is 11.6 Å². The number of para-hydroxylation sites is 1. The average molecular weight is 480 g/mol. The first-order valence-corrected chi connectivity index (χ1v) is 12.4. The topological polar surface area (TPSA) is 30.9 Å². The summed E-state index contributed by atoms with van der Waals surface area (Å²) in [6, 6.07) is 17.7. The Morgan fingerprint density at radius 2 is 1.94 bits per heavy atom. The maximum Gasteiger partial charge on any atom is 0.219 e. The molecule has 36 heavy (non-hydrogen) atoms. The van der Waals surface area contributed by atoms with Gasteiger partial charge >= 0.3 is 0 Å². The number of benzene rings is 2. The van der Waals surface area contributed by atoms with E-state index >= 15 is 0 Å². The zero-order valence-electron chi connectivity index (χ0n) is 26.2. The van der Waals surface area contributed by atoms with Crippen LogP contribution in [0.5, 0.6) is 5.88 Å². The van der Waals surface area contributed by atoms with Gasteiger partial charge in [0.15, 0.2) is 12.3 Å². The Morgan fingerprint density at radius 1 is 1.11 bits per heavy atom. The van der Waals surface area contributed by atoms with Crippen LogP contribution in [0.2, 0.25) is 0 Å². The van der Waals surface area contributed by atoms with E-state index in [0.717, 1.165) is 49.8 Å². The van der Waals surface area contributed by atoms with Gasteiger partial charge in [-0.25, -0.2) is 9.55 Å². The van der Waals surface area contributed by atoms with Crippen molar-refractivity contribution in [2.75, 3.05) is 0 Å². The number of fused-ring (bicyclic) bond motifs is 8. The quantitative estimate of drug-likeness (QED) is 0.257. The van der Waals surface area contributed by atoms with E-state index < -0.39 is 24.7 Å². The van der Waals surface area contributed by atoms with Gasteiger partial charge in [-0.15, -0.1) is 0 Å². The van der Waals surface area contributed by atoms with Crippen molar-refractivity contribution in [1.29, 1.82) is 0 Å². The van der Waals surface area contributed by atoms with Crippen LogP contribution < -0.4 is 9.30 Å². The van der Waals surface area contributed by atoms with Crippen LogP contribution in [0, 0.1) is 19.2 Å². The summed E-state index contributed by atoms with van der Waals surface area (Å²) in [6.07, 6.45) is -0.0213. The fourth-order valence-electron chi connectivity index (χ4n) is 6.17. The fraction of sp³-hybridized carbons (Fsp3) is 0.312. The molecule has 2 atom stereocenters. The lowest BCUT2D eigenvalue weighted by atomic mass is 9.86. The van der Waals surface area contributed by atoms with E-state index in [0.29, 0.717) is 11.4 Å². The number of pyridine rings is 2. The van der Waals surface area contributed by atoms with Crippen LogP contribution in [0.4, 0.5) is 0 Å². The van der Waals surface area contributed by atoms with E-state index in [-0.39, 0.29) is 11.7 Å². The maximum absolute atomic E-state index is 8.97. The minimum Gasteiger partial charge on any atom is -0.466 e. The summed E-state index contributed by atoms with van der Waals surface area (Å²) in [5.74, 6) is 0.361. The van der Waals surface area contributed by atoms with Crippen LogP contribution in [-0.4, -0.2) is 9.55 Å². The van der Waals surface area contributed by atoms with Crippen molar-refractivity contribution in [3.63, 3.8) is 0 Å². The van der Waals surface area contributed by atoms with Crippen LogP contribution in [0.3, 0.4) is 0 Å². The predicted molar refractivity (Wildman–Crippen MR) is 144 cm³/mol. The van der Waals surface area contributed by atoms with Gasteiger partial charge in [-0.05, 0) is 61.0 Å². The molecule has 0 aliphatic carbocycles. The average Bonchev–Trinajstić information content (AvgIpc) is 3.52. The highest BCUT2D eigenvalue weighted by Crippen LogP contribution is 2.57. The van der Waals surface area contributed by atoms with E-state index in [2.05, 4.69) is 40.7 Å². The van der Waals surface area contributed by atoms with Crippen LogP contribution >= 0.6 is 0 Å². The molecule has 2 aliphatic rings. The number of aryl methyl sites for hydroxylation is 3. The summed E-state index contributed by atoms with van der Waals surface area (Å²) >= 11 is 0.